The van der Waals surface area contributed by atoms with Crippen molar-refractivity contribution in [1.82, 2.24) is 21.5 Å². The van der Waals surface area contributed by atoms with E-state index in [4.69, 9.17) is 37.4 Å². The second kappa shape index (κ2) is 20.4. The van der Waals surface area contributed by atoms with Gasteiger partial charge in [-0.2, -0.15) is 4.51 Å². The summed E-state index contributed by atoms with van der Waals surface area (Å²) in [7, 11) is -6.66. The Bertz CT molecular complexity index is 2480. The van der Waals surface area contributed by atoms with Gasteiger partial charge in [-0.25, -0.2) is 0 Å². The van der Waals surface area contributed by atoms with E-state index in [2.05, 4.69) is 0 Å². The first-order chi connectivity index (χ1) is 29.2. The summed E-state index contributed by atoms with van der Waals surface area (Å²) in [6, 6.07) is 66.2. The molecule has 1 heterocycles. The van der Waals surface area contributed by atoms with E-state index < -0.39 is 24.2 Å². The van der Waals surface area contributed by atoms with E-state index in [1.165, 1.54) is 0 Å². The van der Waals surface area contributed by atoms with E-state index >= 15 is 0 Å². The Morgan fingerprint density at radius 1 is 0.339 bits per heavy atom. The Hall–Kier alpha value is -6.36. The summed E-state index contributed by atoms with van der Waals surface area (Å²) in [6.07, 6.45) is 0. The van der Waals surface area contributed by atoms with Crippen molar-refractivity contribution in [2.24, 2.45) is 0 Å². The number of hydrogen-bond acceptors (Lipinski definition) is 8. The van der Waals surface area contributed by atoms with Gasteiger partial charge in [-0.15, -0.1) is 0 Å². The summed E-state index contributed by atoms with van der Waals surface area (Å²) in [4.78, 5) is 27.4. The number of benzene rings is 7. The Labute approximate surface area is 347 Å². The molecule has 1 aromatic heterocycles. The fraction of sp³-hybridized carbons (Fsp3) is 0. The molecule has 8 rings (SSSR count). The molecular formula is C42H36N5O7P5. The number of rotatable bonds is 14. The Morgan fingerprint density at radius 2 is 0.644 bits per heavy atom. The van der Waals surface area contributed by atoms with Gasteiger partial charge < -0.3 is 32.9 Å². The fourth-order valence-electron chi connectivity index (χ4n) is 5.00. The molecule has 0 amide bonds. The van der Waals surface area contributed by atoms with Gasteiger partial charge in [0.2, 0.25) is 0 Å². The van der Waals surface area contributed by atoms with Crippen LogP contribution in [-0.2, 0) is 0 Å². The van der Waals surface area contributed by atoms with Crippen LogP contribution in [0.15, 0.2) is 212 Å². The molecular weight excluding hydrogens is 841 g/mol. The Morgan fingerprint density at radius 3 is 1.05 bits per heavy atom. The molecule has 17 heteroatoms. The fourth-order valence-corrected chi connectivity index (χ4v) is 13.7. The van der Waals surface area contributed by atoms with Crippen LogP contribution in [-0.4, -0.2) is 21.5 Å². The van der Waals surface area contributed by atoms with Crippen molar-refractivity contribution in [1.29, 1.82) is 0 Å². The van der Waals surface area contributed by atoms with Crippen molar-refractivity contribution in [2.45, 2.75) is 0 Å². The number of aromatic nitrogens is 5. The lowest BCUT2D eigenvalue weighted by atomic mass is 10.3. The first-order valence-corrected chi connectivity index (χ1v) is 23.3. The molecule has 0 radical (unpaired) electrons. The minimum absolute atomic E-state index is 0.358. The summed E-state index contributed by atoms with van der Waals surface area (Å²) in [5.74, 6) is 3.75. The van der Waals surface area contributed by atoms with Crippen LogP contribution in [0.1, 0.15) is 0 Å². The molecule has 0 N–H and O–H groups in total. The summed E-state index contributed by atoms with van der Waals surface area (Å²) >= 11 is 0. The van der Waals surface area contributed by atoms with Crippen LogP contribution in [0.2, 0.25) is 0 Å². The zero-order chi connectivity index (χ0) is 39.9. The van der Waals surface area contributed by atoms with Crippen molar-refractivity contribution in [2.75, 3.05) is 0 Å². The molecule has 296 valence electrons. The highest BCUT2D eigenvalue weighted by Crippen LogP contribution is 2.46. The zero-order valence-electron chi connectivity index (χ0n) is 31.1. The first kappa shape index (κ1) is 39.5. The van der Waals surface area contributed by atoms with Gasteiger partial charge in [-0.1, -0.05) is 136 Å². The van der Waals surface area contributed by atoms with Crippen LogP contribution >= 0.6 is 41.3 Å². The molecule has 4 unspecified atom stereocenters. The molecule has 0 aliphatic carbocycles. The lowest BCUT2D eigenvalue weighted by molar-refractivity contribution is 0.214. The van der Waals surface area contributed by atoms with E-state index in [1.807, 2.05) is 212 Å². The molecule has 0 bridgehead atoms. The highest BCUT2D eigenvalue weighted by Gasteiger charge is 2.25. The van der Waals surface area contributed by atoms with Gasteiger partial charge in [0.15, 0.2) is 31.5 Å². The predicted molar refractivity (Wildman–Crippen MR) is 236 cm³/mol. The maximum Gasteiger partial charge on any atom is 0.322 e. The zero-order valence-corrected chi connectivity index (χ0v) is 35.7. The second-order valence-corrected chi connectivity index (χ2v) is 19.4. The normalized spacial score (nSPS) is 11.6. The summed E-state index contributed by atoms with van der Waals surface area (Å²) < 4.78 is 32.7. The van der Waals surface area contributed by atoms with Crippen molar-refractivity contribution in [3.8, 4) is 40.2 Å². The quantitative estimate of drug-likeness (QED) is 0.107. The van der Waals surface area contributed by atoms with Gasteiger partial charge in [-0.3, -0.25) is 0 Å². The smallest absolute Gasteiger partial charge is 0.322 e. The minimum Gasteiger partial charge on any atom is -0.413 e. The van der Waals surface area contributed by atoms with E-state index in [1.54, 1.807) is 17.0 Å². The van der Waals surface area contributed by atoms with Gasteiger partial charge in [0.05, 0.1) is 8.51 Å². The molecule has 0 saturated heterocycles. The van der Waals surface area contributed by atoms with Crippen LogP contribution in [0.25, 0.3) is 0 Å². The number of para-hydroxylation sites is 7. The van der Waals surface area contributed by atoms with Crippen LogP contribution in [0.3, 0.4) is 0 Å². The minimum atomic E-state index is -2.32. The molecule has 0 fully saturated rings. The summed E-state index contributed by atoms with van der Waals surface area (Å²) in [5, 5.41) is 0. The molecule has 0 spiro atoms. The van der Waals surface area contributed by atoms with E-state index in [9.17, 15) is 0 Å². The Balaban J connectivity index is 1.56. The predicted octanol–water partition coefficient (Wildman–Crippen LogP) is 13.1. The third-order valence-electron chi connectivity index (χ3n) is 7.66. The first-order valence-electron chi connectivity index (χ1n) is 18.1. The van der Waals surface area contributed by atoms with Gasteiger partial charge in [0, 0.05) is 0 Å². The molecule has 0 aliphatic heterocycles. The molecule has 59 heavy (non-hydrogen) atoms. The lowest BCUT2D eigenvalue weighted by Crippen LogP contribution is -2.18. The van der Waals surface area contributed by atoms with Crippen LogP contribution in [0.5, 0.6) is 40.2 Å². The third kappa shape index (κ3) is 11.0. The van der Waals surface area contributed by atoms with Crippen LogP contribution in [0.4, 0.5) is 0 Å². The second-order valence-electron chi connectivity index (χ2n) is 11.9. The number of nitrogens with zero attached hydrogens (tertiary/aromatic N) is 5. The highest BCUT2D eigenvalue weighted by molar-refractivity contribution is 7.56. The lowest BCUT2D eigenvalue weighted by Gasteiger charge is -2.24. The largest absolute Gasteiger partial charge is 0.413 e. The average Bonchev–Trinajstić information content (AvgIpc) is 3.30. The monoisotopic (exact) mass is 877 g/mol. The summed E-state index contributed by atoms with van der Waals surface area (Å²) in [5.41, 5.74) is 0. The average molecular weight is 878 g/mol. The molecule has 12 nitrogen and oxygen atoms in total. The van der Waals surface area contributed by atoms with Crippen molar-refractivity contribution < 1.29 is 32.9 Å². The standard InChI is InChI=1S/C42H36N5O7P5/c1-8-22-36(23-9-1)48-44-55-43-56-45(49-37-24-10-2-11-25-37)58(53-41-32-18-6-19-33-41)47(51-39-28-14-4-15-29-39)59(54-42-34-20-7-21-35-42)46(50-38-26-12-3-13-27-38)57(44)52-40-30-16-5-17-31-40/h1-35,55H. The number of hydrogen-bond donors (Lipinski definition) is 0. The van der Waals surface area contributed by atoms with Gasteiger partial charge in [0.25, 0.3) is 0 Å². The van der Waals surface area contributed by atoms with Gasteiger partial charge >= 0.3 is 24.2 Å². The van der Waals surface area contributed by atoms with E-state index in [0.29, 0.717) is 48.8 Å². The van der Waals surface area contributed by atoms with Gasteiger partial charge in [-0.05, 0) is 93.4 Å². The van der Waals surface area contributed by atoms with E-state index in [-0.39, 0.29) is 8.51 Å². The highest BCUT2D eigenvalue weighted by atomic mass is 31.2. The molecule has 0 saturated carbocycles. The van der Waals surface area contributed by atoms with E-state index in [0.717, 1.165) is 0 Å². The molecule has 8 aromatic rings. The molecule has 4 atom stereocenters. The van der Waals surface area contributed by atoms with Crippen LogP contribution in [0, 0.1) is 0 Å². The van der Waals surface area contributed by atoms with Crippen molar-refractivity contribution in [3.05, 3.63) is 212 Å². The topological polar surface area (TPSA) is 97.2 Å². The molecule has 0 aliphatic rings. The van der Waals surface area contributed by atoms with Crippen LogP contribution < -0.4 is 32.9 Å². The summed E-state index contributed by atoms with van der Waals surface area (Å²) in [6.45, 7) is 0. The maximum atomic E-state index is 7.13. The Kier molecular flexibility index (Phi) is 13.6. The van der Waals surface area contributed by atoms with Gasteiger partial charge in [0.1, 0.15) is 17.2 Å². The van der Waals surface area contributed by atoms with Crippen molar-refractivity contribution in [3.63, 3.8) is 0 Å². The maximum absolute atomic E-state index is 7.13. The molecule has 7 aromatic carbocycles. The van der Waals surface area contributed by atoms with Crippen molar-refractivity contribution >= 4 is 41.3 Å². The SMILES string of the molecule is c1ccc(On2pn[pH]n(Oc3ccccc3)p(Oc3ccccc3)n(Oc3ccccc3)p(Oc3ccccc3)n(Oc3ccccc3)p2Oc2ccccc2)cc1. The third-order valence-corrected chi connectivity index (χ3v) is 15.6.